The van der Waals surface area contributed by atoms with Crippen LogP contribution in [0.15, 0.2) is 32.5 Å². The summed E-state index contributed by atoms with van der Waals surface area (Å²) in [6.07, 6.45) is 0. The van der Waals surface area contributed by atoms with Crippen LogP contribution in [-0.4, -0.2) is 21.0 Å². The van der Waals surface area contributed by atoms with Crippen LogP contribution in [0, 0.1) is 6.92 Å². The second-order valence-electron chi connectivity index (χ2n) is 4.40. The first-order chi connectivity index (χ1) is 9.95. The minimum absolute atomic E-state index is 0.211. The number of nitrogens with zero attached hydrogens (tertiary/aromatic N) is 2. The molecule has 0 bridgehead atoms. The van der Waals surface area contributed by atoms with Gasteiger partial charge in [-0.15, -0.1) is 11.3 Å². The molecule has 0 amide bonds. The molecule has 2 heterocycles. The van der Waals surface area contributed by atoms with Gasteiger partial charge in [0, 0.05) is 19.7 Å². The third kappa shape index (κ3) is 2.73. The van der Waals surface area contributed by atoms with Crippen molar-refractivity contribution in [3.05, 3.63) is 43.1 Å². The van der Waals surface area contributed by atoms with Gasteiger partial charge in [0.15, 0.2) is 0 Å². The molecule has 3 aromatic rings. The normalized spacial score (nSPS) is 11.0. The van der Waals surface area contributed by atoms with Gasteiger partial charge < -0.3 is 5.11 Å². The zero-order chi connectivity index (χ0) is 15.1. The first-order valence-electron chi connectivity index (χ1n) is 5.91. The van der Waals surface area contributed by atoms with Crippen LogP contribution in [-0.2, 0) is 0 Å². The van der Waals surface area contributed by atoms with E-state index in [4.69, 9.17) is 0 Å². The lowest BCUT2D eigenvalue weighted by Gasteiger charge is -2.08. The number of aromatic carboxylic acids is 1. The number of fused-ring (bicyclic) bond motifs is 1. The van der Waals surface area contributed by atoms with Crippen LogP contribution in [0.3, 0.4) is 0 Å². The second-order valence-corrected chi connectivity index (χ2v) is 7.23. The predicted octanol–water partition coefficient (Wildman–Crippen LogP) is 4.89. The number of carbonyl (C=O) groups is 1. The van der Waals surface area contributed by atoms with E-state index in [1.807, 2.05) is 18.4 Å². The Hall–Kier alpha value is -1.31. The van der Waals surface area contributed by atoms with E-state index in [9.17, 15) is 9.90 Å². The maximum absolute atomic E-state index is 11.6. The third-order valence-electron chi connectivity index (χ3n) is 2.94. The van der Waals surface area contributed by atoms with Crippen molar-refractivity contribution in [2.24, 2.45) is 0 Å². The van der Waals surface area contributed by atoms with Crippen molar-refractivity contribution in [3.63, 3.8) is 0 Å². The molecular formula is C14H8Br2N2O2S. The highest BCUT2D eigenvalue weighted by atomic mass is 79.9. The van der Waals surface area contributed by atoms with Crippen LogP contribution >= 0.6 is 43.2 Å². The number of pyridine rings is 1. The summed E-state index contributed by atoms with van der Waals surface area (Å²) >= 11 is 8.32. The SMILES string of the molecule is Cc1nc(-c2cc(C(=O)O)c3cc(Br)cc(Br)c3n2)cs1. The molecule has 1 aromatic carbocycles. The van der Waals surface area contributed by atoms with Gasteiger partial charge in [-0.2, -0.15) is 0 Å². The Labute approximate surface area is 141 Å². The highest BCUT2D eigenvalue weighted by molar-refractivity contribution is 9.11. The third-order valence-corrected chi connectivity index (χ3v) is 4.78. The van der Waals surface area contributed by atoms with Crippen LogP contribution in [0.25, 0.3) is 22.3 Å². The summed E-state index contributed by atoms with van der Waals surface area (Å²) in [5, 5.41) is 12.8. The van der Waals surface area contributed by atoms with Crippen molar-refractivity contribution in [2.75, 3.05) is 0 Å². The summed E-state index contributed by atoms with van der Waals surface area (Å²) in [5.41, 5.74) is 2.07. The maximum Gasteiger partial charge on any atom is 0.336 e. The molecular weight excluding hydrogens is 420 g/mol. The molecule has 21 heavy (non-hydrogen) atoms. The fraction of sp³-hybridized carbons (Fsp3) is 0.0714. The summed E-state index contributed by atoms with van der Waals surface area (Å²) in [6, 6.07) is 5.17. The number of hydrogen-bond acceptors (Lipinski definition) is 4. The first kappa shape index (κ1) is 14.6. The minimum Gasteiger partial charge on any atom is -0.478 e. The number of benzene rings is 1. The molecule has 0 saturated carbocycles. The molecule has 7 heteroatoms. The Balaban J connectivity index is 2.37. The molecule has 0 aliphatic carbocycles. The number of halogens is 2. The van der Waals surface area contributed by atoms with Gasteiger partial charge in [0.25, 0.3) is 0 Å². The Morgan fingerprint density at radius 3 is 2.57 bits per heavy atom. The van der Waals surface area contributed by atoms with Crippen LogP contribution in [0.5, 0.6) is 0 Å². The number of hydrogen-bond donors (Lipinski definition) is 1. The summed E-state index contributed by atoms with van der Waals surface area (Å²) in [6.45, 7) is 1.90. The lowest BCUT2D eigenvalue weighted by atomic mass is 10.1. The fourth-order valence-electron chi connectivity index (χ4n) is 2.04. The Morgan fingerprint density at radius 1 is 1.19 bits per heavy atom. The largest absolute Gasteiger partial charge is 0.478 e. The topological polar surface area (TPSA) is 63.1 Å². The van der Waals surface area contributed by atoms with E-state index in [0.717, 1.165) is 14.0 Å². The number of carboxylic acids is 1. The van der Waals surface area contributed by atoms with Gasteiger partial charge >= 0.3 is 5.97 Å². The zero-order valence-electron chi connectivity index (χ0n) is 10.7. The molecule has 2 aromatic heterocycles. The van der Waals surface area contributed by atoms with Crippen LogP contribution in [0.1, 0.15) is 15.4 Å². The van der Waals surface area contributed by atoms with Gasteiger partial charge in [-0.1, -0.05) is 15.9 Å². The van der Waals surface area contributed by atoms with Gasteiger partial charge in [0.1, 0.15) is 0 Å². The number of rotatable bonds is 2. The molecule has 0 atom stereocenters. The average molecular weight is 428 g/mol. The molecule has 4 nitrogen and oxygen atoms in total. The quantitative estimate of drug-likeness (QED) is 0.632. The Kier molecular flexibility index (Phi) is 3.81. The molecule has 0 radical (unpaired) electrons. The average Bonchev–Trinajstić information content (AvgIpc) is 2.84. The van der Waals surface area contributed by atoms with Gasteiger partial charge in [-0.05, 0) is 41.1 Å². The molecule has 0 aliphatic rings. The van der Waals surface area contributed by atoms with Crippen LogP contribution in [0.2, 0.25) is 0 Å². The van der Waals surface area contributed by atoms with E-state index < -0.39 is 5.97 Å². The monoisotopic (exact) mass is 426 g/mol. The predicted molar refractivity (Wildman–Crippen MR) is 89.9 cm³/mol. The lowest BCUT2D eigenvalue weighted by Crippen LogP contribution is -2.01. The Bertz CT molecular complexity index is 877. The van der Waals surface area contributed by atoms with Gasteiger partial charge in [-0.3, -0.25) is 0 Å². The summed E-state index contributed by atoms with van der Waals surface area (Å²) in [4.78, 5) is 20.5. The van der Waals surface area contributed by atoms with E-state index in [1.165, 1.54) is 11.3 Å². The summed E-state index contributed by atoms with van der Waals surface area (Å²) < 4.78 is 1.53. The molecule has 0 fully saturated rings. The van der Waals surface area contributed by atoms with E-state index in [2.05, 4.69) is 41.8 Å². The first-order valence-corrected chi connectivity index (χ1v) is 8.38. The van der Waals surface area contributed by atoms with E-state index in [-0.39, 0.29) is 5.56 Å². The molecule has 1 N–H and O–H groups in total. The number of aryl methyl sites for hydroxylation is 1. The van der Waals surface area contributed by atoms with Crippen molar-refractivity contribution in [3.8, 4) is 11.4 Å². The van der Waals surface area contributed by atoms with Gasteiger partial charge in [-0.25, -0.2) is 14.8 Å². The van der Waals surface area contributed by atoms with Crippen molar-refractivity contribution < 1.29 is 9.90 Å². The zero-order valence-corrected chi connectivity index (χ0v) is 14.7. The van der Waals surface area contributed by atoms with Gasteiger partial charge in [0.2, 0.25) is 0 Å². The Morgan fingerprint density at radius 2 is 1.95 bits per heavy atom. The van der Waals surface area contributed by atoms with Crippen molar-refractivity contribution >= 4 is 60.1 Å². The lowest BCUT2D eigenvalue weighted by molar-refractivity contribution is 0.0699. The van der Waals surface area contributed by atoms with E-state index in [0.29, 0.717) is 22.3 Å². The smallest absolute Gasteiger partial charge is 0.336 e. The van der Waals surface area contributed by atoms with Crippen molar-refractivity contribution in [2.45, 2.75) is 6.92 Å². The molecule has 0 saturated heterocycles. The number of carboxylic acid groups (broad SMARTS) is 1. The van der Waals surface area contributed by atoms with Crippen molar-refractivity contribution in [1.29, 1.82) is 0 Å². The molecule has 106 valence electrons. The summed E-state index contributed by atoms with van der Waals surface area (Å²) in [5.74, 6) is -0.986. The molecule has 0 spiro atoms. The molecule has 3 rings (SSSR count). The van der Waals surface area contributed by atoms with Gasteiger partial charge in [0.05, 0.1) is 27.5 Å². The summed E-state index contributed by atoms with van der Waals surface area (Å²) in [7, 11) is 0. The standard InChI is InChI=1S/C14H8Br2N2O2S/c1-6-17-12(5-21-6)11-4-9(14(19)20)8-2-7(15)3-10(16)13(8)18-11/h2-5H,1H3,(H,19,20). The van der Waals surface area contributed by atoms with Crippen LogP contribution in [0.4, 0.5) is 0 Å². The highest BCUT2D eigenvalue weighted by Gasteiger charge is 2.16. The maximum atomic E-state index is 11.6. The molecule has 0 unspecified atom stereocenters. The fourth-order valence-corrected chi connectivity index (χ4v) is 3.96. The van der Waals surface area contributed by atoms with Crippen molar-refractivity contribution in [1.82, 2.24) is 9.97 Å². The van der Waals surface area contributed by atoms with E-state index in [1.54, 1.807) is 12.1 Å². The van der Waals surface area contributed by atoms with E-state index >= 15 is 0 Å². The highest BCUT2D eigenvalue weighted by Crippen LogP contribution is 2.32. The number of aromatic nitrogens is 2. The molecule has 0 aliphatic heterocycles. The second kappa shape index (κ2) is 5.47. The number of thiazole rings is 1. The minimum atomic E-state index is -0.986. The van der Waals surface area contributed by atoms with Crippen LogP contribution < -0.4 is 0 Å².